The van der Waals surface area contributed by atoms with Crippen LogP contribution in [-0.4, -0.2) is 25.4 Å². The quantitative estimate of drug-likeness (QED) is 0.503. The average molecular weight is 320 g/mol. The number of nitrogens with zero attached hydrogens (tertiary/aromatic N) is 1. The third kappa shape index (κ3) is 4.82. The molecule has 0 unspecified atom stereocenters. The van der Waals surface area contributed by atoms with Crippen LogP contribution in [0.25, 0.3) is 6.08 Å². The molecule has 0 aliphatic carbocycles. The van der Waals surface area contributed by atoms with Crippen LogP contribution in [-0.2, 0) is 9.53 Å². The lowest BCUT2D eigenvalue weighted by atomic mass is 10.1. The molecule has 5 nitrogen and oxygen atoms in total. The summed E-state index contributed by atoms with van der Waals surface area (Å²) >= 11 is 0. The van der Waals surface area contributed by atoms with Gasteiger partial charge in [0.2, 0.25) is 0 Å². The molecule has 120 valence electrons. The molecule has 0 amide bonds. The van der Waals surface area contributed by atoms with E-state index in [2.05, 4.69) is 10.1 Å². The second-order valence-electron chi connectivity index (χ2n) is 4.94. The molecule has 5 heteroatoms. The summed E-state index contributed by atoms with van der Waals surface area (Å²) in [7, 11) is 1.32. The van der Waals surface area contributed by atoms with Crippen molar-refractivity contribution in [3.63, 3.8) is 0 Å². The first kappa shape index (κ1) is 17.0. The SMILES string of the molecule is COC(=O)C=Cc1ccc(NCC(=O)c2ccc(C#N)cc2)cc1. The highest BCUT2D eigenvalue weighted by atomic mass is 16.5. The number of ketones is 1. The zero-order valence-corrected chi connectivity index (χ0v) is 13.2. The Hall–Kier alpha value is -3.39. The van der Waals surface area contributed by atoms with Crippen molar-refractivity contribution in [2.45, 2.75) is 0 Å². The molecule has 0 aromatic heterocycles. The van der Waals surface area contributed by atoms with Crippen molar-refractivity contribution in [3.05, 3.63) is 71.3 Å². The van der Waals surface area contributed by atoms with E-state index >= 15 is 0 Å². The largest absolute Gasteiger partial charge is 0.466 e. The summed E-state index contributed by atoms with van der Waals surface area (Å²) in [4.78, 5) is 23.1. The van der Waals surface area contributed by atoms with Crippen LogP contribution in [0.3, 0.4) is 0 Å². The first-order chi connectivity index (χ1) is 11.6. The zero-order valence-electron chi connectivity index (χ0n) is 13.2. The number of ether oxygens (including phenoxy) is 1. The van der Waals surface area contributed by atoms with Gasteiger partial charge >= 0.3 is 5.97 Å². The molecule has 0 heterocycles. The average Bonchev–Trinajstić information content (AvgIpc) is 2.65. The zero-order chi connectivity index (χ0) is 17.4. The summed E-state index contributed by atoms with van der Waals surface area (Å²) in [5.41, 5.74) is 2.73. The van der Waals surface area contributed by atoms with E-state index in [1.165, 1.54) is 13.2 Å². The van der Waals surface area contributed by atoms with E-state index in [1.807, 2.05) is 30.3 Å². The molecule has 0 radical (unpaired) electrons. The third-order valence-electron chi connectivity index (χ3n) is 3.31. The van der Waals surface area contributed by atoms with Gasteiger partial charge in [-0.15, -0.1) is 0 Å². The van der Waals surface area contributed by atoms with Gasteiger partial charge in [0.15, 0.2) is 5.78 Å². The standard InChI is InChI=1S/C19H16N2O3/c1-24-19(23)11-6-14-4-9-17(10-5-14)21-13-18(22)16-7-2-15(12-20)3-8-16/h2-11,21H,13H2,1H3. The van der Waals surface area contributed by atoms with Crippen molar-refractivity contribution in [1.29, 1.82) is 5.26 Å². The van der Waals surface area contributed by atoms with Gasteiger partial charge in [-0.3, -0.25) is 4.79 Å². The van der Waals surface area contributed by atoms with Gasteiger partial charge in [0.05, 0.1) is 25.3 Å². The van der Waals surface area contributed by atoms with Gasteiger partial charge in [-0.1, -0.05) is 24.3 Å². The van der Waals surface area contributed by atoms with Gasteiger partial charge < -0.3 is 10.1 Å². The van der Waals surface area contributed by atoms with E-state index in [9.17, 15) is 9.59 Å². The molecule has 0 atom stereocenters. The Balaban J connectivity index is 1.91. The summed E-state index contributed by atoms with van der Waals surface area (Å²) < 4.78 is 4.52. The van der Waals surface area contributed by atoms with E-state index in [0.29, 0.717) is 11.1 Å². The van der Waals surface area contributed by atoms with Crippen molar-refractivity contribution in [1.82, 2.24) is 0 Å². The highest BCUT2D eigenvalue weighted by molar-refractivity contribution is 5.99. The normalized spacial score (nSPS) is 10.2. The van der Waals surface area contributed by atoms with Crippen LogP contribution in [0, 0.1) is 11.3 Å². The number of hydrogen-bond acceptors (Lipinski definition) is 5. The maximum absolute atomic E-state index is 12.1. The Bertz CT molecular complexity index is 785. The number of hydrogen-bond donors (Lipinski definition) is 1. The Morgan fingerprint density at radius 3 is 2.38 bits per heavy atom. The highest BCUT2D eigenvalue weighted by Crippen LogP contribution is 2.11. The molecule has 0 aliphatic heterocycles. The number of carbonyl (C=O) groups is 2. The van der Waals surface area contributed by atoms with Gasteiger partial charge in [-0.05, 0) is 35.9 Å². The number of rotatable bonds is 6. The molecule has 0 aliphatic rings. The molecule has 2 aromatic carbocycles. The topological polar surface area (TPSA) is 79.2 Å². The highest BCUT2D eigenvalue weighted by Gasteiger charge is 2.05. The molecule has 0 saturated carbocycles. The monoisotopic (exact) mass is 320 g/mol. The van der Waals surface area contributed by atoms with E-state index in [1.54, 1.807) is 30.3 Å². The molecule has 24 heavy (non-hydrogen) atoms. The Kier molecular flexibility index (Phi) is 5.87. The lowest BCUT2D eigenvalue weighted by Gasteiger charge is -2.06. The molecule has 0 saturated heterocycles. The number of methoxy groups -OCH3 is 1. The van der Waals surface area contributed by atoms with Gasteiger partial charge in [0, 0.05) is 17.3 Å². The summed E-state index contributed by atoms with van der Waals surface area (Å²) in [6.07, 6.45) is 2.99. The van der Waals surface area contributed by atoms with Crippen LogP contribution in [0.1, 0.15) is 21.5 Å². The Morgan fingerprint density at radius 2 is 1.79 bits per heavy atom. The molecule has 2 aromatic rings. The fourth-order valence-electron chi connectivity index (χ4n) is 1.96. The van der Waals surface area contributed by atoms with Crippen LogP contribution < -0.4 is 5.32 Å². The summed E-state index contributed by atoms with van der Waals surface area (Å²) in [5.74, 6) is -0.473. The maximum atomic E-state index is 12.1. The van der Waals surface area contributed by atoms with Crippen LogP contribution in [0.4, 0.5) is 5.69 Å². The van der Waals surface area contributed by atoms with Gasteiger partial charge in [-0.2, -0.15) is 5.26 Å². The number of nitriles is 1. The number of benzene rings is 2. The number of anilines is 1. The van der Waals surface area contributed by atoms with Crippen molar-refractivity contribution < 1.29 is 14.3 Å². The summed E-state index contributed by atoms with van der Waals surface area (Å²) in [6.45, 7) is 0.156. The van der Waals surface area contributed by atoms with E-state index in [0.717, 1.165) is 11.3 Å². The fraction of sp³-hybridized carbons (Fsp3) is 0.105. The molecular formula is C19H16N2O3. The first-order valence-corrected chi connectivity index (χ1v) is 7.25. The molecule has 2 rings (SSSR count). The smallest absolute Gasteiger partial charge is 0.330 e. The number of nitrogens with one attached hydrogen (secondary N) is 1. The van der Waals surface area contributed by atoms with Crippen molar-refractivity contribution in [3.8, 4) is 6.07 Å². The van der Waals surface area contributed by atoms with Crippen LogP contribution in [0.5, 0.6) is 0 Å². The van der Waals surface area contributed by atoms with E-state index < -0.39 is 5.97 Å². The Morgan fingerprint density at radius 1 is 1.12 bits per heavy atom. The number of carbonyl (C=O) groups excluding carboxylic acids is 2. The predicted molar refractivity (Wildman–Crippen MR) is 91.5 cm³/mol. The second-order valence-corrected chi connectivity index (χ2v) is 4.94. The number of Topliss-reactive ketones (excluding diaryl/α,β-unsaturated/α-hetero) is 1. The van der Waals surface area contributed by atoms with E-state index in [-0.39, 0.29) is 12.3 Å². The summed E-state index contributed by atoms with van der Waals surface area (Å²) in [6, 6.07) is 15.8. The predicted octanol–water partition coefficient (Wildman–Crippen LogP) is 3.04. The third-order valence-corrected chi connectivity index (χ3v) is 3.31. The minimum absolute atomic E-state index is 0.0610. The maximum Gasteiger partial charge on any atom is 0.330 e. The summed E-state index contributed by atoms with van der Waals surface area (Å²) in [5, 5.41) is 11.8. The van der Waals surface area contributed by atoms with Crippen LogP contribution in [0.2, 0.25) is 0 Å². The van der Waals surface area contributed by atoms with Crippen molar-refractivity contribution in [2.75, 3.05) is 19.0 Å². The van der Waals surface area contributed by atoms with Crippen LogP contribution in [0.15, 0.2) is 54.6 Å². The minimum Gasteiger partial charge on any atom is -0.466 e. The van der Waals surface area contributed by atoms with Gasteiger partial charge in [-0.25, -0.2) is 4.79 Å². The van der Waals surface area contributed by atoms with Gasteiger partial charge in [0.25, 0.3) is 0 Å². The molecule has 0 spiro atoms. The minimum atomic E-state index is -0.412. The van der Waals surface area contributed by atoms with E-state index in [4.69, 9.17) is 5.26 Å². The molecule has 0 fully saturated rings. The number of esters is 1. The lowest BCUT2D eigenvalue weighted by Crippen LogP contribution is -2.13. The second kappa shape index (κ2) is 8.30. The fourth-order valence-corrected chi connectivity index (χ4v) is 1.96. The van der Waals surface area contributed by atoms with Gasteiger partial charge in [0.1, 0.15) is 0 Å². The lowest BCUT2D eigenvalue weighted by molar-refractivity contribution is -0.134. The first-order valence-electron chi connectivity index (χ1n) is 7.25. The molecular weight excluding hydrogens is 304 g/mol. The van der Waals surface area contributed by atoms with Crippen molar-refractivity contribution >= 4 is 23.5 Å². The molecule has 0 bridgehead atoms. The molecule has 1 N–H and O–H groups in total. The van der Waals surface area contributed by atoms with Crippen LogP contribution >= 0.6 is 0 Å². The Labute approximate surface area is 140 Å². The van der Waals surface area contributed by atoms with Crippen molar-refractivity contribution in [2.24, 2.45) is 0 Å².